The van der Waals surface area contributed by atoms with Crippen LogP contribution in [0.25, 0.3) is 0 Å². The van der Waals surface area contributed by atoms with Gasteiger partial charge in [-0.1, -0.05) is 26.0 Å². The van der Waals surface area contributed by atoms with Crippen LogP contribution in [0.15, 0.2) is 18.2 Å². The van der Waals surface area contributed by atoms with Gasteiger partial charge in [-0.25, -0.2) is 0 Å². The molecule has 0 unspecified atom stereocenters. The molecule has 1 saturated carbocycles. The summed E-state index contributed by atoms with van der Waals surface area (Å²) in [4.78, 5) is 0. The fourth-order valence-electron chi connectivity index (χ4n) is 3.14. The van der Waals surface area contributed by atoms with E-state index in [1.807, 2.05) is 12.1 Å². The molecule has 0 radical (unpaired) electrons. The molecule has 0 bridgehead atoms. The van der Waals surface area contributed by atoms with Crippen LogP contribution < -0.4 is 15.2 Å². The summed E-state index contributed by atoms with van der Waals surface area (Å²) in [7, 11) is 0. The lowest BCUT2D eigenvalue weighted by Crippen LogP contribution is -2.16. The average Bonchev–Trinajstić information content (AvgIpc) is 2.90. The minimum absolute atomic E-state index is 0.282. The van der Waals surface area contributed by atoms with Gasteiger partial charge in [-0.3, -0.25) is 0 Å². The third-order valence-electron chi connectivity index (χ3n) is 4.24. The van der Waals surface area contributed by atoms with Crippen molar-refractivity contribution in [2.75, 3.05) is 19.8 Å². The molecule has 3 rings (SSSR count). The second-order valence-electron chi connectivity index (χ2n) is 5.51. The predicted octanol–water partition coefficient (Wildman–Crippen LogP) is 2.16. The van der Waals surface area contributed by atoms with Gasteiger partial charge in [0.05, 0.1) is 0 Å². The van der Waals surface area contributed by atoms with Crippen LogP contribution in [0.3, 0.4) is 0 Å². The van der Waals surface area contributed by atoms with Crippen molar-refractivity contribution in [2.45, 2.75) is 19.8 Å². The molecule has 0 aromatic heterocycles. The minimum atomic E-state index is 0.282. The van der Waals surface area contributed by atoms with E-state index in [2.05, 4.69) is 19.9 Å². The quantitative estimate of drug-likeness (QED) is 0.851. The number of fused-ring (bicyclic) bond motifs is 1. The second-order valence-corrected chi connectivity index (χ2v) is 5.51. The molecule has 1 aromatic rings. The van der Waals surface area contributed by atoms with Crippen molar-refractivity contribution in [1.82, 2.24) is 0 Å². The molecule has 1 aromatic carbocycles. The number of nitrogens with two attached hydrogens (primary N) is 1. The first-order valence-electron chi connectivity index (χ1n) is 6.25. The van der Waals surface area contributed by atoms with Crippen LogP contribution >= 0.6 is 0 Å². The van der Waals surface area contributed by atoms with Crippen LogP contribution in [0, 0.1) is 11.3 Å². The standard InChI is InChI=1S/C14H19NO2/c1-14(2)10(8-15)12(14)9-4-3-5-11-13(9)17-7-6-16-11/h3-5,10,12H,6-8,15H2,1-2H3/t10-,12-/m1/s1. The zero-order valence-corrected chi connectivity index (χ0v) is 10.4. The fraction of sp³-hybridized carbons (Fsp3) is 0.571. The number of rotatable bonds is 2. The Hall–Kier alpha value is -1.22. The van der Waals surface area contributed by atoms with Crippen molar-refractivity contribution in [3.63, 3.8) is 0 Å². The highest BCUT2D eigenvalue weighted by molar-refractivity contribution is 5.52. The van der Waals surface area contributed by atoms with E-state index < -0.39 is 0 Å². The van der Waals surface area contributed by atoms with Crippen molar-refractivity contribution >= 4 is 0 Å². The second kappa shape index (κ2) is 3.64. The van der Waals surface area contributed by atoms with E-state index in [0.29, 0.717) is 25.0 Å². The third kappa shape index (κ3) is 1.53. The molecular formula is C14H19NO2. The van der Waals surface area contributed by atoms with Gasteiger partial charge < -0.3 is 15.2 Å². The lowest BCUT2D eigenvalue weighted by Gasteiger charge is -2.21. The number of para-hydroxylation sites is 1. The first-order valence-corrected chi connectivity index (χ1v) is 6.25. The predicted molar refractivity (Wildman–Crippen MR) is 66.5 cm³/mol. The number of hydrogen-bond acceptors (Lipinski definition) is 3. The van der Waals surface area contributed by atoms with Crippen molar-refractivity contribution in [3.05, 3.63) is 23.8 Å². The highest BCUT2D eigenvalue weighted by Crippen LogP contribution is 2.66. The fourth-order valence-corrected chi connectivity index (χ4v) is 3.14. The van der Waals surface area contributed by atoms with E-state index in [-0.39, 0.29) is 5.41 Å². The maximum absolute atomic E-state index is 5.84. The van der Waals surface area contributed by atoms with E-state index in [1.54, 1.807) is 0 Å². The van der Waals surface area contributed by atoms with Gasteiger partial charge in [-0.05, 0) is 29.9 Å². The zero-order valence-electron chi connectivity index (χ0n) is 10.4. The molecule has 1 aliphatic heterocycles. The monoisotopic (exact) mass is 233 g/mol. The Kier molecular flexibility index (Phi) is 2.33. The lowest BCUT2D eigenvalue weighted by molar-refractivity contribution is 0.169. The SMILES string of the molecule is CC1(C)[C@H](CN)[C@H]1c1cccc2c1OCCO2. The summed E-state index contributed by atoms with van der Waals surface area (Å²) in [5.74, 6) is 2.88. The third-order valence-corrected chi connectivity index (χ3v) is 4.24. The van der Waals surface area contributed by atoms with Gasteiger partial charge in [0.2, 0.25) is 0 Å². The summed E-state index contributed by atoms with van der Waals surface area (Å²) in [5, 5.41) is 0. The highest BCUT2D eigenvalue weighted by atomic mass is 16.6. The molecule has 1 fully saturated rings. The van der Waals surface area contributed by atoms with Crippen LogP contribution in [0.2, 0.25) is 0 Å². The summed E-state index contributed by atoms with van der Waals surface area (Å²) in [6.07, 6.45) is 0. The Bertz CT molecular complexity index is 442. The highest BCUT2D eigenvalue weighted by Gasteiger charge is 2.58. The van der Waals surface area contributed by atoms with E-state index in [0.717, 1.165) is 18.0 Å². The van der Waals surface area contributed by atoms with Crippen LogP contribution in [-0.4, -0.2) is 19.8 Å². The van der Waals surface area contributed by atoms with Crippen LogP contribution in [-0.2, 0) is 0 Å². The molecule has 92 valence electrons. The average molecular weight is 233 g/mol. The lowest BCUT2D eigenvalue weighted by atomic mass is 10.0. The molecule has 2 aliphatic rings. The smallest absolute Gasteiger partial charge is 0.164 e. The molecule has 1 aliphatic carbocycles. The minimum Gasteiger partial charge on any atom is -0.486 e. The summed E-state index contributed by atoms with van der Waals surface area (Å²) in [6.45, 7) is 6.58. The summed E-state index contributed by atoms with van der Waals surface area (Å²) in [5.41, 5.74) is 7.39. The molecule has 0 amide bonds. The molecule has 3 heteroatoms. The van der Waals surface area contributed by atoms with Crippen LogP contribution in [0.4, 0.5) is 0 Å². The van der Waals surface area contributed by atoms with Gasteiger partial charge in [-0.2, -0.15) is 0 Å². The van der Waals surface area contributed by atoms with E-state index in [1.165, 1.54) is 5.56 Å². The van der Waals surface area contributed by atoms with Crippen molar-refractivity contribution in [1.29, 1.82) is 0 Å². The van der Waals surface area contributed by atoms with Crippen molar-refractivity contribution in [2.24, 2.45) is 17.1 Å². The van der Waals surface area contributed by atoms with Crippen LogP contribution in [0.1, 0.15) is 25.3 Å². The first-order chi connectivity index (χ1) is 8.16. The topological polar surface area (TPSA) is 44.5 Å². The molecule has 2 N–H and O–H groups in total. The van der Waals surface area contributed by atoms with E-state index >= 15 is 0 Å². The van der Waals surface area contributed by atoms with E-state index in [4.69, 9.17) is 15.2 Å². The van der Waals surface area contributed by atoms with Gasteiger partial charge in [0, 0.05) is 5.56 Å². The Morgan fingerprint density at radius 1 is 1.29 bits per heavy atom. The molecule has 0 saturated heterocycles. The molecule has 1 heterocycles. The maximum Gasteiger partial charge on any atom is 0.164 e. The Morgan fingerprint density at radius 2 is 2.06 bits per heavy atom. The van der Waals surface area contributed by atoms with Gasteiger partial charge in [0.1, 0.15) is 13.2 Å². The molecule has 3 nitrogen and oxygen atoms in total. The first kappa shape index (κ1) is 10.9. The molecule has 0 spiro atoms. The summed E-state index contributed by atoms with van der Waals surface area (Å²) >= 11 is 0. The van der Waals surface area contributed by atoms with E-state index in [9.17, 15) is 0 Å². The largest absolute Gasteiger partial charge is 0.486 e. The van der Waals surface area contributed by atoms with Gasteiger partial charge >= 0.3 is 0 Å². The Labute approximate surface area is 102 Å². The maximum atomic E-state index is 5.84. The Morgan fingerprint density at radius 3 is 2.76 bits per heavy atom. The molecule has 2 atom stereocenters. The summed E-state index contributed by atoms with van der Waals surface area (Å²) in [6, 6.07) is 6.17. The van der Waals surface area contributed by atoms with Gasteiger partial charge in [-0.15, -0.1) is 0 Å². The number of hydrogen-bond donors (Lipinski definition) is 1. The zero-order chi connectivity index (χ0) is 12.0. The Balaban J connectivity index is 1.99. The number of ether oxygens (including phenoxy) is 2. The van der Waals surface area contributed by atoms with Gasteiger partial charge in [0.25, 0.3) is 0 Å². The van der Waals surface area contributed by atoms with Crippen LogP contribution in [0.5, 0.6) is 11.5 Å². The van der Waals surface area contributed by atoms with Crippen molar-refractivity contribution < 1.29 is 9.47 Å². The normalized spacial score (nSPS) is 28.9. The molecular weight excluding hydrogens is 214 g/mol. The van der Waals surface area contributed by atoms with Gasteiger partial charge in [0.15, 0.2) is 11.5 Å². The van der Waals surface area contributed by atoms with Crippen molar-refractivity contribution in [3.8, 4) is 11.5 Å². The number of benzene rings is 1. The summed E-state index contributed by atoms with van der Waals surface area (Å²) < 4.78 is 11.4. The molecule has 17 heavy (non-hydrogen) atoms.